The molecule has 1 aromatic rings. The van der Waals surface area contributed by atoms with Crippen LogP contribution in [-0.4, -0.2) is 28.3 Å². The van der Waals surface area contributed by atoms with Crippen molar-refractivity contribution >= 4 is 5.97 Å². The van der Waals surface area contributed by atoms with E-state index >= 15 is 0 Å². The minimum Gasteiger partial charge on any atom is -0.481 e. The van der Waals surface area contributed by atoms with Crippen LogP contribution < -0.4 is 5.32 Å². The number of aliphatic hydroxyl groups is 1. The van der Waals surface area contributed by atoms with Crippen LogP contribution in [0.1, 0.15) is 31.4 Å². The van der Waals surface area contributed by atoms with Crippen LogP contribution in [0.25, 0.3) is 0 Å². The van der Waals surface area contributed by atoms with E-state index in [1.54, 1.807) is 0 Å². The molecule has 0 spiro atoms. The first-order chi connectivity index (χ1) is 8.44. The van der Waals surface area contributed by atoms with Crippen LogP contribution in [0.15, 0.2) is 24.3 Å². The summed E-state index contributed by atoms with van der Waals surface area (Å²) in [5, 5.41) is 21.1. The fraction of sp³-hybridized carbons (Fsp3) is 0.500. The van der Waals surface area contributed by atoms with Gasteiger partial charge in [0.2, 0.25) is 0 Å². The zero-order chi connectivity index (χ0) is 13.6. The van der Waals surface area contributed by atoms with Crippen molar-refractivity contribution in [1.29, 1.82) is 0 Å². The Morgan fingerprint density at radius 2 is 1.89 bits per heavy atom. The molecule has 0 aliphatic rings. The topological polar surface area (TPSA) is 69.6 Å². The lowest BCUT2D eigenvalue weighted by atomic mass is 9.99. The first kappa shape index (κ1) is 14.7. The molecule has 4 nitrogen and oxygen atoms in total. The summed E-state index contributed by atoms with van der Waals surface area (Å²) >= 11 is 0. The van der Waals surface area contributed by atoms with Crippen LogP contribution in [0.5, 0.6) is 0 Å². The third-order valence-electron chi connectivity index (χ3n) is 2.95. The van der Waals surface area contributed by atoms with Gasteiger partial charge < -0.3 is 15.5 Å². The Morgan fingerprint density at radius 3 is 2.44 bits per heavy atom. The summed E-state index contributed by atoms with van der Waals surface area (Å²) in [6, 6.07) is 7.52. The van der Waals surface area contributed by atoms with E-state index in [9.17, 15) is 4.79 Å². The van der Waals surface area contributed by atoms with Gasteiger partial charge in [-0.05, 0) is 31.4 Å². The number of hydrogen-bond acceptors (Lipinski definition) is 3. The van der Waals surface area contributed by atoms with Crippen molar-refractivity contribution in [3.63, 3.8) is 0 Å². The van der Waals surface area contributed by atoms with Crippen molar-refractivity contribution in [3.05, 3.63) is 35.4 Å². The number of hydrogen-bond donors (Lipinski definition) is 3. The Hall–Kier alpha value is -1.39. The molecule has 0 radical (unpaired) electrons. The molecule has 0 aliphatic carbocycles. The number of benzene rings is 1. The number of aliphatic carboxylic acids is 1. The average molecular weight is 251 g/mol. The largest absolute Gasteiger partial charge is 0.481 e. The Labute approximate surface area is 108 Å². The van der Waals surface area contributed by atoms with E-state index in [4.69, 9.17) is 10.2 Å². The van der Waals surface area contributed by atoms with Crippen LogP contribution in [-0.2, 0) is 17.8 Å². The Kier molecular flexibility index (Phi) is 5.31. The van der Waals surface area contributed by atoms with Crippen molar-refractivity contribution < 1.29 is 15.0 Å². The summed E-state index contributed by atoms with van der Waals surface area (Å²) < 4.78 is 0. The molecule has 0 amide bonds. The molecule has 1 aromatic carbocycles. The molecule has 0 fully saturated rings. The predicted octanol–water partition coefficient (Wildman–Crippen LogP) is 1.56. The maximum absolute atomic E-state index is 10.8. The predicted molar refractivity (Wildman–Crippen MR) is 70.4 cm³/mol. The number of carboxylic acid groups (broad SMARTS) is 1. The van der Waals surface area contributed by atoms with Crippen LogP contribution >= 0.6 is 0 Å². The van der Waals surface area contributed by atoms with Crippen molar-refractivity contribution in [3.8, 4) is 0 Å². The molecule has 100 valence electrons. The van der Waals surface area contributed by atoms with E-state index in [0.29, 0.717) is 13.0 Å². The summed E-state index contributed by atoms with van der Waals surface area (Å²) in [6.07, 6.45) is 0.701. The maximum atomic E-state index is 10.8. The Bertz CT molecular complexity index is 402. The number of nitrogens with one attached hydrogen (secondary N) is 1. The van der Waals surface area contributed by atoms with E-state index in [1.165, 1.54) is 0 Å². The lowest BCUT2D eigenvalue weighted by molar-refractivity contribution is -0.136. The van der Waals surface area contributed by atoms with Gasteiger partial charge in [-0.25, -0.2) is 0 Å². The molecule has 0 saturated heterocycles. The summed E-state index contributed by atoms with van der Waals surface area (Å²) in [5.41, 5.74) is 1.66. The Balaban J connectivity index is 2.69. The summed E-state index contributed by atoms with van der Waals surface area (Å²) in [5.74, 6) is -0.822. The second kappa shape index (κ2) is 6.52. The number of aliphatic hydroxyl groups excluding tert-OH is 1. The van der Waals surface area contributed by atoms with Crippen LogP contribution in [0.4, 0.5) is 0 Å². The van der Waals surface area contributed by atoms with Crippen molar-refractivity contribution in [1.82, 2.24) is 5.32 Å². The lowest BCUT2D eigenvalue weighted by Crippen LogP contribution is -2.39. The maximum Gasteiger partial charge on any atom is 0.307 e. The SMILES string of the molecule is CC(C)(CCO)NCc1ccccc1CC(=O)O. The van der Waals surface area contributed by atoms with E-state index in [2.05, 4.69) is 5.32 Å². The fourth-order valence-corrected chi connectivity index (χ4v) is 1.77. The van der Waals surface area contributed by atoms with Gasteiger partial charge in [0.1, 0.15) is 0 Å². The second-order valence-corrected chi connectivity index (χ2v) is 5.05. The standard InChI is InChI=1S/C14H21NO3/c1-14(2,7-8-16)15-10-12-6-4-3-5-11(12)9-13(17)18/h3-6,15-16H,7-10H2,1-2H3,(H,17,18). The second-order valence-electron chi connectivity index (χ2n) is 5.05. The summed E-state index contributed by atoms with van der Waals surface area (Å²) in [7, 11) is 0. The van der Waals surface area contributed by atoms with Gasteiger partial charge in [0, 0.05) is 18.7 Å². The number of rotatable bonds is 7. The van der Waals surface area contributed by atoms with Crippen LogP contribution in [0, 0.1) is 0 Å². The van der Waals surface area contributed by atoms with Gasteiger partial charge in [-0.15, -0.1) is 0 Å². The van der Waals surface area contributed by atoms with Gasteiger partial charge in [-0.3, -0.25) is 4.79 Å². The van der Waals surface area contributed by atoms with Gasteiger partial charge in [0.25, 0.3) is 0 Å². The fourth-order valence-electron chi connectivity index (χ4n) is 1.77. The molecule has 4 heteroatoms. The first-order valence-corrected chi connectivity index (χ1v) is 6.09. The monoisotopic (exact) mass is 251 g/mol. The highest BCUT2D eigenvalue weighted by Gasteiger charge is 2.16. The smallest absolute Gasteiger partial charge is 0.307 e. The molecule has 3 N–H and O–H groups in total. The summed E-state index contributed by atoms with van der Waals surface area (Å²) in [6.45, 7) is 4.78. The van der Waals surface area contributed by atoms with E-state index in [0.717, 1.165) is 11.1 Å². The molecule has 0 aromatic heterocycles. The average Bonchev–Trinajstić information content (AvgIpc) is 2.27. The first-order valence-electron chi connectivity index (χ1n) is 6.09. The molecule has 0 unspecified atom stereocenters. The minimum atomic E-state index is -0.822. The molecule has 0 heterocycles. The van der Waals surface area contributed by atoms with Gasteiger partial charge in [0.15, 0.2) is 0 Å². The van der Waals surface area contributed by atoms with E-state index in [-0.39, 0.29) is 18.6 Å². The molecule has 0 bridgehead atoms. The third kappa shape index (κ3) is 4.85. The zero-order valence-corrected chi connectivity index (χ0v) is 10.9. The van der Waals surface area contributed by atoms with Crippen molar-refractivity contribution in [2.75, 3.05) is 6.61 Å². The van der Waals surface area contributed by atoms with Gasteiger partial charge in [-0.1, -0.05) is 24.3 Å². The molecular formula is C14H21NO3. The van der Waals surface area contributed by atoms with Gasteiger partial charge in [-0.2, -0.15) is 0 Å². The number of carbonyl (C=O) groups is 1. The van der Waals surface area contributed by atoms with E-state index in [1.807, 2.05) is 38.1 Å². The van der Waals surface area contributed by atoms with Gasteiger partial charge >= 0.3 is 5.97 Å². The quantitative estimate of drug-likeness (QED) is 0.688. The van der Waals surface area contributed by atoms with E-state index < -0.39 is 5.97 Å². The highest BCUT2D eigenvalue weighted by atomic mass is 16.4. The number of carboxylic acids is 1. The third-order valence-corrected chi connectivity index (χ3v) is 2.95. The highest BCUT2D eigenvalue weighted by molar-refractivity contribution is 5.70. The zero-order valence-electron chi connectivity index (χ0n) is 10.9. The van der Waals surface area contributed by atoms with Gasteiger partial charge in [0.05, 0.1) is 6.42 Å². The summed E-state index contributed by atoms with van der Waals surface area (Å²) in [4.78, 5) is 10.8. The molecule has 1 rings (SSSR count). The Morgan fingerprint density at radius 1 is 1.28 bits per heavy atom. The molecule has 0 saturated carbocycles. The van der Waals surface area contributed by atoms with Crippen molar-refractivity contribution in [2.24, 2.45) is 0 Å². The van der Waals surface area contributed by atoms with Crippen molar-refractivity contribution in [2.45, 2.75) is 38.8 Å². The highest BCUT2D eigenvalue weighted by Crippen LogP contribution is 2.13. The molecule has 18 heavy (non-hydrogen) atoms. The lowest BCUT2D eigenvalue weighted by Gasteiger charge is -2.26. The molecule has 0 aliphatic heterocycles. The van der Waals surface area contributed by atoms with Crippen LogP contribution in [0.2, 0.25) is 0 Å². The van der Waals surface area contributed by atoms with Crippen LogP contribution in [0.3, 0.4) is 0 Å². The normalized spacial score (nSPS) is 11.5. The molecule has 0 atom stereocenters. The molecular weight excluding hydrogens is 230 g/mol. The minimum absolute atomic E-state index is 0.0400.